The molecule has 65 heavy (non-hydrogen) atoms. The van der Waals surface area contributed by atoms with Gasteiger partial charge < -0.3 is 38.3 Å². The molecule has 5 rings (SSSR count). The average Bonchev–Trinajstić information content (AvgIpc) is 3.31. The Labute approximate surface area is 378 Å². The molecule has 0 saturated heterocycles. The number of ether oxygens (including phenoxy) is 7. The van der Waals surface area contributed by atoms with E-state index in [9.17, 15) is 33.9 Å². The van der Waals surface area contributed by atoms with Crippen molar-refractivity contribution in [3.05, 3.63) is 167 Å². The molecule has 0 amide bonds. The maximum atomic E-state index is 13.0. The molecule has 5 aromatic carbocycles. The van der Waals surface area contributed by atoms with Gasteiger partial charge in [0.05, 0.1) is 39.3 Å². The molecular formula is C51H54O14. The summed E-state index contributed by atoms with van der Waals surface area (Å²) in [5, 5.41) is 9.33. The van der Waals surface area contributed by atoms with E-state index in [1.54, 1.807) is 125 Å². The zero-order valence-electron chi connectivity index (χ0n) is 36.9. The monoisotopic (exact) mass is 890 g/mol. The number of carbonyl (C=O) groups excluding carboxylic acids is 6. The van der Waals surface area contributed by atoms with Crippen molar-refractivity contribution in [2.45, 2.75) is 58.0 Å². The van der Waals surface area contributed by atoms with E-state index in [0.717, 1.165) is 5.56 Å². The first-order valence-corrected chi connectivity index (χ1v) is 21.1. The van der Waals surface area contributed by atoms with Gasteiger partial charge in [-0.3, -0.25) is 28.8 Å². The van der Waals surface area contributed by atoms with Crippen molar-refractivity contribution < 1.29 is 67.0 Å². The summed E-state index contributed by atoms with van der Waals surface area (Å²) in [5.74, 6) is -3.83. The summed E-state index contributed by atoms with van der Waals surface area (Å²) in [6.45, 7) is 6.08. The molecule has 0 radical (unpaired) electrons. The van der Waals surface area contributed by atoms with Crippen LogP contribution in [0, 0.1) is 0 Å². The van der Waals surface area contributed by atoms with Crippen LogP contribution in [0.25, 0.3) is 0 Å². The molecule has 0 aliphatic rings. The Hall–Kier alpha value is -7.48. The van der Waals surface area contributed by atoms with Crippen LogP contribution >= 0.6 is 0 Å². The molecular weight excluding hydrogens is 837 g/mol. The molecule has 0 aliphatic heterocycles. The first-order valence-electron chi connectivity index (χ1n) is 21.1. The Bertz CT molecular complexity index is 2240. The Morgan fingerprint density at radius 3 is 1.11 bits per heavy atom. The van der Waals surface area contributed by atoms with Crippen LogP contribution in [0.1, 0.15) is 55.5 Å². The quantitative estimate of drug-likeness (QED) is 0.0453. The topological polar surface area (TPSA) is 187 Å². The van der Waals surface area contributed by atoms with Crippen LogP contribution in [0.15, 0.2) is 140 Å². The number of rotatable bonds is 21. The third-order valence-electron chi connectivity index (χ3n) is 9.73. The minimum atomic E-state index is -1.92. The third kappa shape index (κ3) is 14.0. The van der Waals surface area contributed by atoms with Crippen molar-refractivity contribution in [3.63, 3.8) is 0 Å². The summed E-state index contributed by atoms with van der Waals surface area (Å²) in [7, 11) is 0. The van der Waals surface area contributed by atoms with E-state index in [1.165, 1.54) is 12.1 Å². The SMILES string of the molecule is CCOC(=O)C(COC(=O)Cc1ccc(O)cc1)(C(=O)OCC)c1ccccc1.CCOC(=O)C(COC(=O)Cc1ccc(OCc2ccccc2)cc1)(C(=O)OCC)c1ccccc1. The summed E-state index contributed by atoms with van der Waals surface area (Å²) in [6, 6.07) is 39.5. The van der Waals surface area contributed by atoms with Gasteiger partial charge >= 0.3 is 35.8 Å². The van der Waals surface area contributed by atoms with E-state index in [0.29, 0.717) is 34.6 Å². The number of esters is 6. The second-order valence-corrected chi connectivity index (χ2v) is 14.2. The predicted octanol–water partition coefficient (Wildman–Crippen LogP) is 6.96. The Morgan fingerprint density at radius 2 is 0.754 bits per heavy atom. The maximum absolute atomic E-state index is 13.0. The first-order chi connectivity index (χ1) is 31.4. The molecule has 0 saturated carbocycles. The molecule has 0 bridgehead atoms. The predicted molar refractivity (Wildman–Crippen MR) is 237 cm³/mol. The zero-order chi connectivity index (χ0) is 47.1. The normalized spacial score (nSPS) is 10.8. The van der Waals surface area contributed by atoms with Gasteiger partial charge in [-0.15, -0.1) is 0 Å². The van der Waals surface area contributed by atoms with E-state index in [2.05, 4.69) is 0 Å². The highest BCUT2D eigenvalue weighted by atomic mass is 16.6. The molecule has 14 heteroatoms. The summed E-state index contributed by atoms with van der Waals surface area (Å²) >= 11 is 0. The fourth-order valence-electron chi connectivity index (χ4n) is 6.37. The molecule has 0 heterocycles. The number of carbonyl (C=O) groups is 6. The number of hydrogen-bond acceptors (Lipinski definition) is 14. The van der Waals surface area contributed by atoms with Crippen LogP contribution < -0.4 is 4.74 Å². The number of hydrogen-bond donors (Lipinski definition) is 1. The van der Waals surface area contributed by atoms with E-state index in [1.807, 2.05) is 30.3 Å². The maximum Gasteiger partial charge on any atom is 0.331 e. The van der Waals surface area contributed by atoms with Crippen LogP contribution in [0.4, 0.5) is 0 Å². The minimum absolute atomic E-state index is 0.0461. The van der Waals surface area contributed by atoms with Gasteiger partial charge in [0.2, 0.25) is 10.8 Å². The Morgan fingerprint density at radius 1 is 0.415 bits per heavy atom. The van der Waals surface area contributed by atoms with Crippen molar-refractivity contribution in [1.29, 1.82) is 0 Å². The van der Waals surface area contributed by atoms with Gasteiger partial charge in [-0.05, 0) is 79.8 Å². The molecule has 0 aromatic heterocycles. The van der Waals surface area contributed by atoms with Gasteiger partial charge in [0.1, 0.15) is 31.3 Å². The largest absolute Gasteiger partial charge is 0.508 e. The van der Waals surface area contributed by atoms with E-state index in [-0.39, 0.29) is 45.0 Å². The van der Waals surface area contributed by atoms with Crippen LogP contribution in [-0.4, -0.2) is 80.6 Å². The number of phenols is 1. The molecule has 5 aromatic rings. The standard InChI is InChI=1S/C29H30O7.C22H24O7/c1-3-33-27(31)29(28(32)34-4-2,24-13-9-6-10-14-24)21-36-26(30)19-22-15-17-25(18-16-22)35-20-23-11-7-5-8-12-23;1-3-27-20(25)22(21(26)28-4-2,17-8-6-5-7-9-17)15-29-19(24)14-16-10-12-18(23)13-11-16/h5-18H,3-4,19-21H2,1-2H3;5-13,23H,3-4,14-15H2,1-2H3. The van der Waals surface area contributed by atoms with Gasteiger partial charge in [-0.1, -0.05) is 115 Å². The lowest BCUT2D eigenvalue weighted by atomic mass is 9.81. The summed E-state index contributed by atoms with van der Waals surface area (Å²) in [5.41, 5.74) is -0.829. The van der Waals surface area contributed by atoms with E-state index < -0.39 is 59.9 Å². The zero-order valence-corrected chi connectivity index (χ0v) is 36.9. The molecule has 0 atom stereocenters. The van der Waals surface area contributed by atoms with Crippen LogP contribution in [0.2, 0.25) is 0 Å². The second kappa shape index (κ2) is 25.6. The van der Waals surface area contributed by atoms with Crippen molar-refractivity contribution in [3.8, 4) is 11.5 Å². The average molecular weight is 891 g/mol. The summed E-state index contributed by atoms with van der Waals surface area (Å²) < 4.78 is 37.2. The number of aromatic hydroxyl groups is 1. The molecule has 0 unspecified atom stereocenters. The second-order valence-electron chi connectivity index (χ2n) is 14.2. The fraction of sp³-hybridized carbons (Fsp3) is 0.294. The van der Waals surface area contributed by atoms with Gasteiger partial charge in [-0.2, -0.15) is 0 Å². The Balaban J connectivity index is 0.000000292. The van der Waals surface area contributed by atoms with Crippen LogP contribution in [0.3, 0.4) is 0 Å². The lowest BCUT2D eigenvalue weighted by Gasteiger charge is -2.29. The lowest BCUT2D eigenvalue weighted by molar-refractivity contribution is -0.172. The lowest BCUT2D eigenvalue weighted by Crippen LogP contribution is -2.50. The van der Waals surface area contributed by atoms with Gasteiger partial charge in [0.15, 0.2) is 0 Å². The minimum Gasteiger partial charge on any atom is -0.508 e. The molecule has 342 valence electrons. The first kappa shape index (κ1) is 50.2. The number of benzene rings is 5. The Kier molecular flexibility index (Phi) is 19.7. The molecule has 0 aliphatic carbocycles. The van der Waals surface area contributed by atoms with Gasteiger partial charge in [-0.25, -0.2) is 0 Å². The van der Waals surface area contributed by atoms with E-state index in [4.69, 9.17) is 33.2 Å². The molecule has 1 N–H and O–H groups in total. The molecule has 14 nitrogen and oxygen atoms in total. The summed E-state index contributed by atoms with van der Waals surface area (Å²) in [4.78, 5) is 76.8. The van der Waals surface area contributed by atoms with Crippen LogP contribution in [0.5, 0.6) is 11.5 Å². The smallest absolute Gasteiger partial charge is 0.331 e. The van der Waals surface area contributed by atoms with Crippen molar-refractivity contribution in [2.75, 3.05) is 39.6 Å². The number of phenolic OH excluding ortho intramolecular Hbond substituents is 1. The van der Waals surface area contributed by atoms with Crippen molar-refractivity contribution >= 4 is 35.8 Å². The van der Waals surface area contributed by atoms with Crippen molar-refractivity contribution in [1.82, 2.24) is 0 Å². The molecule has 0 spiro atoms. The highest BCUT2D eigenvalue weighted by Gasteiger charge is 2.53. The fourth-order valence-corrected chi connectivity index (χ4v) is 6.37. The van der Waals surface area contributed by atoms with Crippen molar-refractivity contribution in [2.24, 2.45) is 0 Å². The third-order valence-corrected chi connectivity index (χ3v) is 9.73. The highest BCUT2D eigenvalue weighted by molar-refractivity contribution is 6.07. The van der Waals surface area contributed by atoms with Crippen LogP contribution in [-0.2, 0) is 87.5 Å². The highest BCUT2D eigenvalue weighted by Crippen LogP contribution is 2.31. The summed E-state index contributed by atoms with van der Waals surface area (Å²) in [6.07, 6.45) is -0.133. The van der Waals surface area contributed by atoms with Gasteiger partial charge in [0.25, 0.3) is 0 Å². The van der Waals surface area contributed by atoms with Gasteiger partial charge in [0, 0.05) is 0 Å². The van der Waals surface area contributed by atoms with E-state index >= 15 is 0 Å². The molecule has 0 fully saturated rings.